The molecule has 4 aromatic carbocycles. The van der Waals surface area contributed by atoms with Crippen molar-refractivity contribution in [3.05, 3.63) is 107 Å². The molecule has 7 heteroatoms. The Kier molecular flexibility index (Phi) is 12.9. The van der Waals surface area contributed by atoms with Crippen molar-refractivity contribution in [1.29, 1.82) is 0 Å². The fourth-order valence-corrected chi connectivity index (χ4v) is 5.09. The number of aliphatic hydroxyl groups is 1. The standard InChI is InChI=1S/C36H43NO6/c38-26-30-24-29(18-20-33(30)39)34(43-36(41)32-19-17-28-15-6-7-16-31(28)35(32)40)25-37-21-9-1-2-10-22-42-23-11-8-14-27-12-4-3-5-13-27/h3-7,12-13,15-20,24,34,37-40H,1-2,8-11,14,21-23,25-26H2. The minimum absolute atomic E-state index is 0.0207. The van der Waals surface area contributed by atoms with Crippen LogP contribution in [0.5, 0.6) is 11.5 Å². The van der Waals surface area contributed by atoms with Gasteiger partial charge in [0.15, 0.2) is 0 Å². The summed E-state index contributed by atoms with van der Waals surface area (Å²) in [5.41, 5.74) is 2.46. The van der Waals surface area contributed by atoms with Crippen molar-refractivity contribution in [1.82, 2.24) is 5.32 Å². The zero-order valence-corrected chi connectivity index (χ0v) is 24.7. The predicted octanol–water partition coefficient (Wildman–Crippen LogP) is 6.83. The fraction of sp³-hybridized carbons (Fsp3) is 0.361. The van der Waals surface area contributed by atoms with Gasteiger partial charge in [0.2, 0.25) is 0 Å². The SMILES string of the molecule is O=C(OC(CNCCCCCCOCCCCc1ccccc1)c1ccc(O)c(CO)c1)c1ccc2ccccc2c1O. The Bertz CT molecular complexity index is 1420. The van der Waals surface area contributed by atoms with Gasteiger partial charge in [0, 0.05) is 30.7 Å². The van der Waals surface area contributed by atoms with E-state index in [-0.39, 0.29) is 23.7 Å². The Labute approximate surface area is 254 Å². The molecule has 4 aromatic rings. The Balaban J connectivity index is 1.19. The Morgan fingerprint density at radius 1 is 0.791 bits per heavy atom. The first-order chi connectivity index (χ1) is 21.1. The average Bonchev–Trinajstić information content (AvgIpc) is 3.03. The number of hydrogen-bond acceptors (Lipinski definition) is 7. The zero-order chi connectivity index (χ0) is 30.3. The van der Waals surface area contributed by atoms with Gasteiger partial charge in [-0.25, -0.2) is 4.79 Å². The number of carbonyl (C=O) groups is 1. The van der Waals surface area contributed by atoms with Gasteiger partial charge in [-0.05, 0) is 73.4 Å². The van der Waals surface area contributed by atoms with E-state index < -0.39 is 12.1 Å². The van der Waals surface area contributed by atoms with Crippen LogP contribution in [0.15, 0.2) is 84.9 Å². The number of rotatable bonds is 18. The second-order valence-corrected chi connectivity index (χ2v) is 10.8. The topological polar surface area (TPSA) is 108 Å². The van der Waals surface area contributed by atoms with Gasteiger partial charge in [-0.2, -0.15) is 0 Å². The van der Waals surface area contributed by atoms with Crippen LogP contribution in [0.4, 0.5) is 0 Å². The first-order valence-electron chi connectivity index (χ1n) is 15.2. The molecule has 0 aromatic heterocycles. The molecule has 4 N–H and O–H groups in total. The minimum Gasteiger partial charge on any atom is -0.508 e. The van der Waals surface area contributed by atoms with Crippen molar-refractivity contribution in [3.63, 3.8) is 0 Å². The molecule has 1 unspecified atom stereocenters. The van der Waals surface area contributed by atoms with E-state index in [0.29, 0.717) is 23.1 Å². The monoisotopic (exact) mass is 585 g/mol. The molecule has 0 aliphatic rings. The van der Waals surface area contributed by atoms with E-state index in [1.54, 1.807) is 36.4 Å². The van der Waals surface area contributed by atoms with Gasteiger partial charge in [0.25, 0.3) is 0 Å². The van der Waals surface area contributed by atoms with Crippen molar-refractivity contribution >= 4 is 16.7 Å². The van der Waals surface area contributed by atoms with Crippen LogP contribution in [0.25, 0.3) is 10.8 Å². The highest BCUT2D eigenvalue weighted by atomic mass is 16.5. The number of phenols is 2. The van der Waals surface area contributed by atoms with Crippen LogP contribution < -0.4 is 5.32 Å². The molecule has 0 saturated carbocycles. The van der Waals surface area contributed by atoms with Crippen molar-refractivity contribution in [3.8, 4) is 11.5 Å². The van der Waals surface area contributed by atoms with Crippen LogP contribution in [-0.2, 0) is 22.5 Å². The summed E-state index contributed by atoms with van der Waals surface area (Å²) in [6, 6.07) is 26.0. The molecule has 0 aliphatic heterocycles. The van der Waals surface area contributed by atoms with Crippen molar-refractivity contribution in [2.75, 3.05) is 26.3 Å². The third-order valence-corrected chi connectivity index (χ3v) is 7.58. The third-order valence-electron chi connectivity index (χ3n) is 7.58. The Hall–Kier alpha value is -3.91. The van der Waals surface area contributed by atoms with Gasteiger partial charge in [-0.1, -0.05) is 79.6 Å². The van der Waals surface area contributed by atoms with Crippen LogP contribution in [0.1, 0.15) is 71.7 Å². The largest absolute Gasteiger partial charge is 0.508 e. The first-order valence-corrected chi connectivity index (χ1v) is 15.2. The van der Waals surface area contributed by atoms with E-state index in [4.69, 9.17) is 9.47 Å². The molecule has 1 atom stereocenters. The number of aryl methyl sites for hydroxylation is 1. The quantitative estimate of drug-likeness (QED) is 0.0749. The lowest BCUT2D eigenvalue weighted by atomic mass is 10.0. The summed E-state index contributed by atoms with van der Waals surface area (Å²) in [5.74, 6) is -0.783. The number of carbonyl (C=O) groups excluding carboxylic acids is 1. The average molecular weight is 586 g/mol. The smallest absolute Gasteiger partial charge is 0.342 e. The van der Waals surface area contributed by atoms with Crippen LogP contribution in [0, 0.1) is 0 Å². The number of fused-ring (bicyclic) bond motifs is 1. The van der Waals surface area contributed by atoms with Gasteiger partial charge < -0.3 is 30.1 Å². The second-order valence-electron chi connectivity index (χ2n) is 10.8. The van der Waals surface area contributed by atoms with Gasteiger partial charge in [-0.15, -0.1) is 0 Å². The number of benzene rings is 4. The zero-order valence-electron chi connectivity index (χ0n) is 24.7. The molecular formula is C36H43NO6. The lowest BCUT2D eigenvalue weighted by molar-refractivity contribution is 0.0294. The molecule has 0 bridgehead atoms. The molecule has 7 nitrogen and oxygen atoms in total. The van der Waals surface area contributed by atoms with Gasteiger partial charge in [0.1, 0.15) is 23.2 Å². The number of aromatic hydroxyl groups is 2. The van der Waals surface area contributed by atoms with E-state index in [9.17, 15) is 20.1 Å². The summed E-state index contributed by atoms with van der Waals surface area (Å²) in [6.45, 7) is 2.35. The number of hydrogen-bond donors (Lipinski definition) is 4. The highest BCUT2D eigenvalue weighted by molar-refractivity contribution is 6.01. The summed E-state index contributed by atoms with van der Waals surface area (Å²) in [5, 5.41) is 35.2. The molecule has 0 radical (unpaired) electrons. The number of ether oxygens (including phenoxy) is 2. The van der Waals surface area contributed by atoms with Crippen LogP contribution in [-0.4, -0.2) is 47.6 Å². The number of aliphatic hydroxyl groups excluding tert-OH is 1. The number of esters is 1. The van der Waals surface area contributed by atoms with Crippen molar-refractivity contribution in [2.24, 2.45) is 0 Å². The second kappa shape index (κ2) is 17.3. The first kappa shape index (κ1) is 32.0. The molecule has 0 saturated heterocycles. The van der Waals surface area contributed by atoms with E-state index in [2.05, 4.69) is 29.6 Å². The summed E-state index contributed by atoms with van der Waals surface area (Å²) < 4.78 is 11.7. The maximum absolute atomic E-state index is 13.2. The third kappa shape index (κ3) is 9.82. The van der Waals surface area contributed by atoms with E-state index in [1.165, 1.54) is 11.6 Å². The van der Waals surface area contributed by atoms with Gasteiger partial charge in [-0.3, -0.25) is 0 Å². The van der Waals surface area contributed by atoms with E-state index in [1.807, 2.05) is 18.2 Å². The van der Waals surface area contributed by atoms with Crippen LogP contribution in [0.3, 0.4) is 0 Å². The molecule has 228 valence electrons. The number of nitrogens with one attached hydrogen (secondary N) is 1. The van der Waals surface area contributed by atoms with Crippen molar-refractivity contribution < 1.29 is 29.6 Å². The molecule has 0 amide bonds. The molecule has 0 fully saturated rings. The molecule has 0 heterocycles. The maximum atomic E-state index is 13.2. The highest BCUT2D eigenvalue weighted by Crippen LogP contribution is 2.31. The van der Waals surface area contributed by atoms with Gasteiger partial charge in [0.05, 0.1) is 6.61 Å². The summed E-state index contributed by atoms with van der Waals surface area (Å²) in [4.78, 5) is 13.2. The summed E-state index contributed by atoms with van der Waals surface area (Å²) >= 11 is 0. The van der Waals surface area contributed by atoms with Crippen LogP contribution in [0.2, 0.25) is 0 Å². The Morgan fingerprint density at radius 3 is 2.35 bits per heavy atom. The molecule has 0 aliphatic carbocycles. The van der Waals surface area contributed by atoms with E-state index >= 15 is 0 Å². The predicted molar refractivity (Wildman–Crippen MR) is 169 cm³/mol. The maximum Gasteiger partial charge on any atom is 0.342 e. The molecule has 4 rings (SSSR count). The van der Waals surface area contributed by atoms with E-state index in [0.717, 1.165) is 70.1 Å². The minimum atomic E-state index is -0.681. The number of unbranched alkanes of at least 4 members (excludes halogenated alkanes) is 4. The normalized spacial score (nSPS) is 11.9. The lowest BCUT2D eigenvalue weighted by Crippen LogP contribution is -2.26. The lowest BCUT2D eigenvalue weighted by Gasteiger charge is -2.20. The molecular weight excluding hydrogens is 542 g/mol. The highest BCUT2D eigenvalue weighted by Gasteiger charge is 2.22. The molecule has 0 spiro atoms. The van der Waals surface area contributed by atoms with Gasteiger partial charge >= 0.3 is 5.97 Å². The van der Waals surface area contributed by atoms with Crippen molar-refractivity contribution in [2.45, 2.75) is 57.7 Å². The van der Waals surface area contributed by atoms with Crippen LogP contribution >= 0.6 is 0 Å². The number of phenolic OH excluding ortho intramolecular Hbond substituents is 1. The summed E-state index contributed by atoms with van der Waals surface area (Å²) in [6.07, 6.45) is 6.79. The summed E-state index contributed by atoms with van der Waals surface area (Å²) in [7, 11) is 0. The Morgan fingerprint density at radius 2 is 1.53 bits per heavy atom. The molecule has 43 heavy (non-hydrogen) atoms. The fourth-order valence-electron chi connectivity index (χ4n) is 5.09.